The Morgan fingerprint density at radius 1 is 1.35 bits per heavy atom. The fraction of sp³-hybridized carbons (Fsp3) is 0.533. The van der Waals surface area contributed by atoms with Crippen molar-refractivity contribution in [3.8, 4) is 0 Å². The van der Waals surface area contributed by atoms with E-state index in [4.69, 9.17) is 16.7 Å². The molecule has 1 aliphatic rings. The fourth-order valence-corrected chi connectivity index (χ4v) is 2.46. The van der Waals surface area contributed by atoms with Crippen LogP contribution in [0, 0.1) is 0 Å². The quantitative estimate of drug-likeness (QED) is 0.813. The van der Waals surface area contributed by atoms with E-state index in [1.54, 1.807) is 24.3 Å². The van der Waals surface area contributed by atoms with Crippen molar-refractivity contribution in [1.82, 2.24) is 4.90 Å². The second kappa shape index (κ2) is 7.62. The van der Waals surface area contributed by atoms with Crippen molar-refractivity contribution in [3.05, 3.63) is 29.3 Å². The topological polar surface area (TPSA) is 52.6 Å². The van der Waals surface area contributed by atoms with Crippen LogP contribution >= 0.6 is 11.6 Å². The van der Waals surface area contributed by atoms with Crippen LogP contribution in [0.2, 0.25) is 5.02 Å². The third-order valence-electron chi connectivity index (χ3n) is 3.67. The first-order valence-electron chi connectivity index (χ1n) is 7.09. The van der Waals surface area contributed by atoms with E-state index in [0.29, 0.717) is 24.0 Å². The molecule has 2 rings (SSSR count). The number of aliphatic hydroxyl groups is 1. The fourth-order valence-electron chi connectivity index (χ4n) is 2.33. The Bertz CT molecular complexity index is 432. The number of nitrogens with one attached hydrogen (secondary N) is 1. The van der Waals surface area contributed by atoms with Crippen LogP contribution in [0.3, 0.4) is 0 Å². The summed E-state index contributed by atoms with van der Waals surface area (Å²) in [7, 11) is 0. The average Bonchev–Trinajstić information content (AvgIpc) is 2.36. The van der Waals surface area contributed by atoms with Gasteiger partial charge in [0.05, 0.1) is 6.54 Å². The summed E-state index contributed by atoms with van der Waals surface area (Å²) in [6.45, 7) is 1.32. The van der Waals surface area contributed by atoms with E-state index in [-0.39, 0.29) is 12.5 Å². The van der Waals surface area contributed by atoms with Gasteiger partial charge in [0.2, 0.25) is 5.91 Å². The van der Waals surface area contributed by atoms with Gasteiger partial charge in [-0.2, -0.15) is 0 Å². The molecule has 0 radical (unpaired) electrons. The number of anilines is 1. The largest absolute Gasteiger partial charge is 0.396 e. The highest BCUT2D eigenvalue weighted by atomic mass is 35.5. The van der Waals surface area contributed by atoms with Crippen molar-refractivity contribution in [2.24, 2.45) is 0 Å². The van der Waals surface area contributed by atoms with Crippen LogP contribution in [-0.2, 0) is 4.79 Å². The van der Waals surface area contributed by atoms with Crippen molar-refractivity contribution in [2.75, 3.05) is 25.0 Å². The first-order valence-corrected chi connectivity index (χ1v) is 7.47. The highest BCUT2D eigenvalue weighted by Gasteiger charge is 2.25. The van der Waals surface area contributed by atoms with Crippen molar-refractivity contribution < 1.29 is 9.90 Å². The number of carbonyl (C=O) groups is 1. The molecule has 0 saturated heterocycles. The minimum absolute atomic E-state index is 0.0165. The summed E-state index contributed by atoms with van der Waals surface area (Å²) >= 11 is 5.81. The standard InChI is InChI=1S/C15H21ClN2O2/c16-12-5-7-13(8-6-12)17-15(20)11-18(9-2-10-19)14-3-1-4-14/h5-8,14,19H,1-4,9-11H2,(H,17,20). The average molecular weight is 297 g/mol. The molecular weight excluding hydrogens is 276 g/mol. The third-order valence-corrected chi connectivity index (χ3v) is 3.92. The molecule has 0 aliphatic heterocycles. The Hall–Kier alpha value is -1.10. The summed E-state index contributed by atoms with van der Waals surface area (Å²) < 4.78 is 0. The van der Waals surface area contributed by atoms with E-state index < -0.39 is 0 Å². The Morgan fingerprint density at radius 3 is 2.60 bits per heavy atom. The van der Waals surface area contributed by atoms with Gasteiger partial charge in [-0.3, -0.25) is 9.69 Å². The van der Waals surface area contributed by atoms with Gasteiger partial charge in [-0.05, 0) is 43.5 Å². The number of nitrogens with zero attached hydrogens (tertiary/aromatic N) is 1. The van der Waals surface area contributed by atoms with Crippen LogP contribution in [0.4, 0.5) is 5.69 Å². The third kappa shape index (κ3) is 4.47. The zero-order valence-electron chi connectivity index (χ0n) is 11.5. The van der Waals surface area contributed by atoms with Gasteiger partial charge < -0.3 is 10.4 Å². The van der Waals surface area contributed by atoms with Gasteiger partial charge in [-0.25, -0.2) is 0 Å². The maximum atomic E-state index is 12.1. The normalized spacial score (nSPS) is 15.2. The molecule has 1 saturated carbocycles. The van der Waals surface area contributed by atoms with Crippen molar-refractivity contribution in [2.45, 2.75) is 31.7 Å². The van der Waals surface area contributed by atoms with Crippen LogP contribution in [0.5, 0.6) is 0 Å². The Kier molecular flexibility index (Phi) is 5.83. The van der Waals surface area contributed by atoms with Crippen LogP contribution in [0.1, 0.15) is 25.7 Å². The molecule has 1 amide bonds. The monoisotopic (exact) mass is 296 g/mol. The van der Waals surface area contributed by atoms with Gasteiger partial charge in [0.15, 0.2) is 0 Å². The Morgan fingerprint density at radius 2 is 2.05 bits per heavy atom. The number of benzene rings is 1. The molecule has 110 valence electrons. The lowest BCUT2D eigenvalue weighted by molar-refractivity contribution is -0.118. The van der Waals surface area contributed by atoms with Gasteiger partial charge >= 0.3 is 0 Å². The number of carbonyl (C=O) groups excluding carboxylic acids is 1. The van der Waals surface area contributed by atoms with Gasteiger partial charge in [0.25, 0.3) is 0 Å². The first kappa shape index (κ1) is 15.3. The SMILES string of the molecule is O=C(CN(CCCO)C1CCC1)Nc1ccc(Cl)cc1. The molecule has 2 N–H and O–H groups in total. The summed E-state index contributed by atoms with van der Waals surface area (Å²) in [6.07, 6.45) is 4.25. The maximum absolute atomic E-state index is 12.1. The summed E-state index contributed by atoms with van der Waals surface area (Å²) in [5.74, 6) is -0.0165. The number of amides is 1. The van der Waals surface area contributed by atoms with E-state index >= 15 is 0 Å². The van der Waals surface area contributed by atoms with Crippen molar-refractivity contribution in [1.29, 1.82) is 0 Å². The van der Waals surface area contributed by atoms with Crippen LogP contribution < -0.4 is 5.32 Å². The van der Waals surface area contributed by atoms with Crippen LogP contribution in [-0.4, -0.2) is 41.7 Å². The molecule has 0 heterocycles. The first-order chi connectivity index (χ1) is 9.69. The van der Waals surface area contributed by atoms with Crippen LogP contribution in [0.15, 0.2) is 24.3 Å². The van der Waals surface area contributed by atoms with Gasteiger partial charge in [-0.1, -0.05) is 18.0 Å². The molecule has 4 nitrogen and oxygen atoms in total. The highest BCUT2D eigenvalue weighted by Crippen LogP contribution is 2.24. The molecule has 20 heavy (non-hydrogen) atoms. The number of halogens is 1. The lowest BCUT2D eigenvalue weighted by Gasteiger charge is -2.37. The predicted octanol–water partition coefficient (Wildman–Crippen LogP) is 2.52. The van der Waals surface area contributed by atoms with Gasteiger partial charge in [-0.15, -0.1) is 0 Å². The zero-order valence-corrected chi connectivity index (χ0v) is 12.3. The minimum atomic E-state index is -0.0165. The second-order valence-corrected chi connectivity index (χ2v) is 5.62. The molecular formula is C15H21ClN2O2. The van der Waals surface area contributed by atoms with Gasteiger partial charge in [0.1, 0.15) is 0 Å². The van der Waals surface area contributed by atoms with E-state index in [1.165, 1.54) is 6.42 Å². The molecule has 0 aromatic heterocycles. The number of hydrogen-bond donors (Lipinski definition) is 2. The summed E-state index contributed by atoms with van der Waals surface area (Å²) in [5.41, 5.74) is 0.759. The number of hydrogen-bond acceptors (Lipinski definition) is 3. The molecule has 5 heteroatoms. The predicted molar refractivity (Wildman–Crippen MR) is 81.0 cm³/mol. The number of rotatable bonds is 7. The lowest BCUT2D eigenvalue weighted by Crippen LogP contribution is -2.45. The molecule has 1 fully saturated rings. The maximum Gasteiger partial charge on any atom is 0.238 e. The molecule has 0 bridgehead atoms. The molecule has 0 spiro atoms. The molecule has 1 aromatic rings. The van der Waals surface area contributed by atoms with E-state index in [0.717, 1.165) is 25.1 Å². The molecule has 0 unspecified atom stereocenters. The van der Waals surface area contributed by atoms with Crippen LogP contribution in [0.25, 0.3) is 0 Å². The Balaban J connectivity index is 1.85. The molecule has 0 atom stereocenters. The zero-order chi connectivity index (χ0) is 14.4. The van der Waals surface area contributed by atoms with Gasteiger partial charge in [0, 0.05) is 29.9 Å². The highest BCUT2D eigenvalue weighted by molar-refractivity contribution is 6.30. The molecule has 1 aromatic carbocycles. The molecule has 1 aliphatic carbocycles. The summed E-state index contributed by atoms with van der Waals surface area (Å²) in [4.78, 5) is 14.2. The smallest absolute Gasteiger partial charge is 0.238 e. The lowest BCUT2D eigenvalue weighted by atomic mass is 9.91. The van der Waals surface area contributed by atoms with Crippen molar-refractivity contribution >= 4 is 23.2 Å². The minimum Gasteiger partial charge on any atom is -0.396 e. The van der Waals surface area contributed by atoms with E-state index in [9.17, 15) is 4.79 Å². The van der Waals surface area contributed by atoms with E-state index in [2.05, 4.69) is 10.2 Å². The van der Waals surface area contributed by atoms with E-state index in [1.807, 2.05) is 0 Å². The van der Waals surface area contributed by atoms with Crippen molar-refractivity contribution in [3.63, 3.8) is 0 Å². The second-order valence-electron chi connectivity index (χ2n) is 5.19. The summed E-state index contributed by atoms with van der Waals surface area (Å²) in [5, 5.41) is 12.5. The number of aliphatic hydroxyl groups excluding tert-OH is 1. The Labute approximate surface area is 124 Å². The summed E-state index contributed by atoms with van der Waals surface area (Å²) in [6, 6.07) is 7.60.